The molecule has 0 spiro atoms. The molecule has 1 saturated heterocycles. The van der Waals surface area contributed by atoms with Crippen molar-refractivity contribution in [2.24, 2.45) is 0 Å². The van der Waals surface area contributed by atoms with Crippen LogP contribution in [0.25, 0.3) is 0 Å². The van der Waals surface area contributed by atoms with Gasteiger partial charge in [0, 0.05) is 26.3 Å². The maximum atomic E-state index is 13.1. The van der Waals surface area contributed by atoms with E-state index in [1.54, 1.807) is 30.3 Å². The summed E-state index contributed by atoms with van der Waals surface area (Å²) in [6, 6.07) is 12.4. The highest BCUT2D eigenvalue weighted by Crippen LogP contribution is 2.22. The number of nitrogens with zero attached hydrogens (tertiary/aromatic N) is 1. The number of likely N-dealkylation sites (tertiary alicyclic amines) is 1. The van der Waals surface area contributed by atoms with Crippen molar-refractivity contribution in [3.8, 4) is 5.75 Å². The lowest BCUT2D eigenvalue weighted by Crippen LogP contribution is -2.36. The molecule has 0 saturated carbocycles. The maximum Gasteiger partial charge on any atom is 0.260 e. The van der Waals surface area contributed by atoms with Gasteiger partial charge < -0.3 is 9.64 Å². The van der Waals surface area contributed by atoms with Crippen LogP contribution >= 0.6 is 11.6 Å². The molecule has 0 bridgehead atoms. The van der Waals surface area contributed by atoms with Crippen molar-refractivity contribution in [2.75, 3.05) is 24.4 Å². The number of amides is 1. The molecule has 0 radical (unpaired) electrons. The van der Waals surface area contributed by atoms with E-state index in [9.17, 15) is 17.6 Å². The first kappa shape index (κ1) is 19.4. The van der Waals surface area contributed by atoms with E-state index in [1.807, 2.05) is 0 Å². The normalized spacial score (nSPS) is 17.0. The highest BCUT2D eigenvalue weighted by molar-refractivity contribution is 7.93. The van der Waals surface area contributed by atoms with Crippen LogP contribution in [0.5, 0.6) is 5.75 Å². The summed E-state index contributed by atoms with van der Waals surface area (Å²) in [6.45, 7) is 0.141. The molecule has 0 aromatic heterocycles. The van der Waals surface area contributed by atoms with E-state index in [2.05, 4.69) is 4.72 Å². The zero-order valence-electron chi connectivity index (χ0n) is 14.3. The van der Waals surface area contributed by atoms with Crippen LogP contribution in [0.1, 0.15) is 7.85 Å². The number of carbonyl (C=O) groups excluding carboxylic acids is 1. The third-order valence-corrected chi connectivity index (χ3v) is 6.30. The van der Waals surface area contributed by atoms with Gasteiger partial charge >= 0.3 is 0 Å². The monoisotopic (exact) mass is 414 g/mol. The molecule has 1 atom stereocenters. The van der Waals surface area contributed by atoms with Crippen LogP contribution in [-0.2, 0) is 14.8 Å². The molecular formula is C18H20ClFN2O4S. The standard InChI is InChI=1S/C18H18ClFN2O4S.H2/c19-16-10-14(6-7-17(16)20)26-12-18(23)22-9-8-15(11-22)27(24,25)21-13-4-2-1-3-5-13;/h1-7,10,15,21H,8-9,11-12H2;1H. The van der Waals surface area contributed by atoms with Crippen molar-refractivity contribution in [3.05, 3.63) is 59.4 Å². The molecule has 146 valence electrons. The predicted molar refractivity (Wildman–Crippen MR) is 103 cm³/mol. The number of anilines is 1. The lowest BCUT2D eigenvalue weighted by atomic mass is 10.3. The minimum atomic E-state index is -3.60. The van der Waals surface area contributed by atoms with Gasteiger partial charge in [0.2, 0.25) is 10.0 Å². The Morgan fingerprint density at radius 3 is 2.74 bits per heavy atom. The molecule has 2 aromatic carbocycles. The average Bonchev–Trinajstić information content (AvgIpc) is 3.14. The van der Waals surface area contributed by atoms with Crippen LogP contribution in [0, 0.1) is 5.82 Å². The van der Waals surface area contributed by atoms with E-state index in [0.717, 1.165) is 6.07 Å². The Balaban J connectivity index is 0.00000280. The molecule has 1 heterocycles. The average molecular weight is 415 g/mol. The summed E-state index contributed by atoms with van der Waals surface area (Å²) in [5.74, 6) is -0.648. The third kappa shape index (κ3) is 4.90. The van der Waals surface area contributed by atoms with E-state index in [1.165, 1.54) is 17.0 Å². The first-order chi connectivity index (χ1) is 12.8. The number of halogens is 2. The lowest BCUT2D eigenvalue weighted by Gasteiger charge is -2.17. The molecule has 2 aromatic rings. The number of nitrogens with one attached hydrogen (secondary N) is 1. The molecule has 1 unspecified atom stereocenters. The molecule has 1 amide bonds. The van der Waals surface area contributed by atoms with Gasteiger partial charge in [-0.3, -0.25) is 9.52 Å². The van der Waals surface area contributed by atoms with Crippen molar-refractivity contribution in [1.82, 2.24) is 4.90 Å². The van der Waals surface area contributed by atoms with Crippen molar-refractivity contribution < 1.29 is 23.8 Å². The van der Waals surface area contributed by atoms with E-state index in [-0.39, 0.29) is 31.3 Å². The second-order valence-corrected chi connectivity index (χ2v) is 8.50. The molecule has 0 aliphatic carbocycles. The van der Waals surface area contributed by atoms with Gasteiger partial charge in [-0.05, 0) is 30.7 Å². The number of carbonyl (C=O) groups is 1. The zero-order valence-corrected chi connectivity index (χ0v) is 15.8. The van der Waals surface area contributed by atoms with Crippen molar-refractivity contribution in [3.63, 3.8) is 0 Å². The first-order valence-corrected chi connectivity index (χ1v) is 10.2. The summed E-state index contributed by atoms with van der Waals surface area (Å²) < 4.78 is 46.0. The van der Waals surface area contributed by atoms with Crippen LogP contribution in [0.3, 0.4) is 0 Å². The summed E-state index contributed by atoms with van der Waals surface area (Å²) in [5.41, 5.74) is 0.485. The van der Waals surface area contributed by atoms with E-state index >= 15 is 0 Å². The quantitative estimate of drug-likeness (QED) is 0.787. The summed E-state index contributed by atoms with van der Waals surface area (Å²) in [5, 5.41) is -0.791. The van der Waals surface area contributed by atoms with Gasteiger partial charge in [0.1, 0.15) is 11.6 Å². The lowest BCUT2D eigenvalue weighted by molar-refractivity contribution is -0.132. The molecular weight excluding hydrogens is 395 g/mol. The van der Waals surface area contributed by atoms with Gasteiger partial charge in [-0.2, -0.15) is 0 Å². The Bertz CT molecular complexity index is 930. The highest BCUT2D eigenvalue weighted by atomic mass is 35.5. The van der Waals surface area contributed by atoms with Gasteiger partial charge in [-0.25, -0.2) is 12.8 Å². The molecule has 1 aliphatic rings. The molecule has 3 rings (SSSR count). The van der Waals surface area contributed by atoms with Crippen LogP contribution in [-0.4, -0.2) is 44.2 Å². The summed E-state index contributed by atoms with van der Waals surface area (Å²) in [7, 11) is -3.60. The Labute approximate surface area is 163 Å². The summed E-state index contributed by atoms with van der Waals surface area (Å²) in [4.78, 5) is 13.7. The number of hydrogen-bond donors (Lipinski definition) is 1. The zero-order chi connectivity index (χ0) is 19.4. The van der Waals surface area contributed by atoms with Gasteiger partial charge in [0.05, 0.1) is 10.3 Å². The molecule has 1 fully saturated rings. The number of ether oxygens (including phenoxy) is 1. The smallest absolute Gasteiger partial charge is 0.260 e. The minimum Gasteiger partial charge on any atom is -0.484 e. The van der Waals surface area contributed by atoms with Crippen molar-refractivity contribution in [2.45, 2.75) is 11.7 Å². The molecule has 27 heavy (non-hydrogen) atoms. The number of para-hydroxylation sites is 1. The number of rotatable bonds is 6. The molecule has 1 aliphatic heterocycles. The Kier molecular flexibility index (Phi) is 5.86. The summed E-state index contributed by atoms with van der Waals surface area (Å²) >= 11 is 5.67. The Morgan fingerprint density at radius 1 is 1.30 bits per heavy atom. The third-order valence-electron chi connectivity index (χ3n) is 4.22. The van der Waals surface area contributed by atoms with Crippen LogP contribution in [0.2, 0.25) is 5.02 Å². The molecule has 9 heteroatoms. The van der Waals surface area contributed by atoms with Gasteiger partial charge in [-0.15, -0.1) is 0 Å². The van der Waals surface area contributed by atoms with E-state index in [4.69, 9.17) is 16.3 Å². The fourth-order valence-corrected chi connectivity index (χ4v) is 4.36. The van der Waals surface area contributed by atoms with Gasteiger partial charge in [0.25, 0.3) is 5.91 Å². The number of sulfonamides is 1. The maximum absolute atomic E-state index is 13.1. The number of benzene rings is 2. The van der Waals surface area contributed by atoms with E-state index < -0.39 is 21.1 Å². The van der Waals surface area contributed by atoms with Gasteiger partial charge in [-0.1, -0.05) is 29.8 Å². The largest absolute Gasteiger partial charge is 0.484 e. The first-order valence-electron chi connectivity index (χ1n) is 8.27. The van der Waals surface area contributed by atoms with Gasteiger partial charge in [0.15, 0.2) is 6.61 Å². The molecule has 6 nitrogen and oxygen atoms in total. The van der Waals surface area contributed by atoms with Crippen molar-refractivity contribution >= 4 is 33.2 Å². The second-order valence-electron chi connectivity index (χ2n) is 6.13. The Morgan fingerprint density at radius 2 is 2.04 bits per heavy atom. The minimum absolute atomic E-state index is 0. The highest BCUT2D eigenvalue weighted by Gasteiger charge is 2.35. The topological polar surface area (TPSA) is 75.7 Å². The van der Waals surface area contributed by atoms with Crippen LogP contribution in [0.15, 0.2) is 48.5 Å². The Hall–Kier alpha value is -2.32. The van der Waals surface area contributed by atoms with Crippen LogP contribution < -0.4 is 9.46 Å². The fraction of sp³-hybridized carbons (Fsp3) is 0.278. The SMILES string of the molecule is O=C(COc1ccc(F)c(Cl)c1)N1CCC(S(=O)(=O)Nc2ccccc2)C1.[HH]. The van der Waals surface area contributed by atoms with Crippen LogP contribution in [0.4, 0.5) is 10.1 Å². The van der Waals surface area contributed by atoms with E-state index in [0.29, 0.717) is 18.7 Å². The number of hydrogen-bond acceptors (Lipinski definition) is 4. The molecule has 1 N–H and O–H groups in total. The fourth-order valence-electron chi connectivity index (χ4n) is 2.76. The van der Waals surface area contributed by atoms with Crippen molar-refractivity contribution in [1.29, 1.82) is 0 Å². The summed E-state index contributed by atoms with van der Waals surface area (Å²) in [6.07, 6.45) is 0.344. The predicted octanol–water partition coefficient (Wildman–Crippen LogP) is 3.15. The second kappa shape index (κ2) is 8.14.